The molecular weight excluding hydrogens is 270 g/mol. The van der Waals surface area contributed by atoms with E-state index >= 15 is 0 Å². The van der Waals surface area contributed by atoms with Gasteiger partial charge in [0.1, 0.15) is 0 Å². The third kappa shape index (κ3) is 4.45. The van der Waals surface area contributed by atoms with Crippen molar-refractivity contribution in [3.05, 3.63) is 54.6 Å². The molecule has 1 amide bonds. The van der Waals surface area contributed by atoms with E-state index in [2.05, 4.69) is 10.3 Å². The molecule has 0 saturated heterocycles. The largest absolute Gasteiger partial charge is 0.479 e. The number of aryl methyl sites for hydroxylation is 1. The molecular formula is C15H17N3O3. The Morgan fingerprint density at radius 2 is 2.05 bits per heavy atom. The monoisotopic (exact) mass is 287 g/mol. The van der Waals surface area contributed by atoms with E-state index < -0.39 is 12.0 Å². The van der Waals surface area contributed by atoms with Crippen LogP contribution in [-0.4, -0.2) is 26.5 Å². The molecule has 6 nitrogen and oxygen atoms in total. The Balaban J connectivity index is 1.85. The molecule has 1 heterocycles. The van der Waals surface area contributed by atoms with Gasteiger partial charge < -0.3 is 15.0 Å². The van der Waals surface area contributed by atoms with E-state index in [4.69, 9.17) is 0 Å². The highest BCUT2D eigenvalue weighted by Gasteiger charge is 2.21. The molecule has 0 bridgehead atoms. The van der Waals surface area contributed by atoms with Gasteiger partial charge in [0, 0.05) is 25.4 Å². The highest BCUT2D eigenvalue weighted by atomic mass is 16.4. The third-order valence-electron chi connectivity index (χ3n) is 3.06. The van der Waals surface area contributed by atoms with Crippen LogP contribution in [0.25, 0.3) is 0 Å². The van der Waals surface area contributed by atoms with E-state index in [-0.39, 0.29) is 12.3 Å². The molecule has 0 unspecified atom stereocenters. The summed E-state index contributed by atoms with van der Waals surface area (Å²) >= 11 is 0. The van der Waals surface area contributed by atoms with Crippen molar-refractivity contribution >= 4 is 11.9 Å². The van der Waals surface area contributed by atoms with Crippen LogP contribution >= 0.6 is 0 Å². The Hall–Kier alpha value is -2.63. The second kappa shape index (κ2) is 7.23. The van der Waals surface area contributed by atoms with Crippen LogP contribution in [0.5, 0.6) is 0 Å². The number of hydrogen-bond donors (Lipinski definition) is 2. The van der Waals surface area contributed by atoms with Crippen molar-refractivity contribution in [2.75, 3.05) is 0 Å². The van der Waals surface area contributed by atoms with E-state index in [1.165, 1.54) is 0 Å². The topological polar surface area (TPSA) is 84.2 Å². The second-order valence-corrected chi connectivity index (χ2v) is 4.65. The third-order valence-corrected chi connectivity index (χ3v) is 3.06. The summed E-state index contributed by atoms with van der Waals surface area (Å²) in [4.78, 5) is 27.0. The number of nitrogens with zero attached hydrogens (tertiary/aromatic N) is 2. The van der Waals surface area contributed by atoms with Gasteiger partial charge in [-0.25, -0.2) is 9.78 Å². The first-order valence-electron chi connectivity index (χ1n) is 6.69. The van der Waals surface area contributed by atoms with Gasteiger partial charge in [0.25, 0.3) is 0 Å². The maximum absolute atomic E-state index is 11.9. The van der Waals surface area contributed by atoms with Gasteiger partial charge in [-0.15, -0.1) is 0 Å². The highest BCUT2D eigenvalue weighted by molar-refractivity contribution is 5.84. The predicted octanol–water partition coefficient (Wildman–Crippen LogP) is 1.61. The number of benzene rings is 1. The molecule has 0 saturated carbocycles. The van der Waals surface area contributed by atoms with Gasteiger partial charge in [0.2, 0.25) is 5.91 Å². The molecule has 0 fully saturated rings. The van der Waals surface area contributed by atoms with Gasteiger partial charge in [0.15, 0.2) is 6.04 Å². The van der Waals surface area contributed by atoms with E-state index in [0.29, 0.717) is 18.5 Å². The van der Waals surface area contributed by atoms with Crippen molar-refractivity contribution < 1.29 is 14.7 Å². The van der Waals surface area contributed by atoms with Crippen LogP contribution in [0, 0.1) is 0 Å². The van der Waals surface area contributed by atoms with Crippen LogP contribution in [0.3, 0.4) is 0 Å². The molecule has 1 aromatic carbocycles. The summed E-state index contributed by atoms with van der Waals surface area (Å²) in [5.74, 6) is -1.34. The molecule has 0 aliphatic carbocycles. The Morgan fingerprint density at radius 1 is 1.29 bits per heavy atom. The summed E-state index contributed by atoms with van der Waals surface area (Å²) < 4.78 is 1.87. The predicted molar refractivity (Wildman–Crippen MR) is 76.4 cm³/mol. The zero-order chi connectivity index (χ0) is 15.1. The molecule has 2 aromatic rings. The van der Waals surface area contributed by atoms with Crippen molar-refractivity contribution in [3.8, 4) is 0 Å². The first-order valence-corrected chi connectivity index (χ1v) is 6.69. The van der Waals surface area contributed by atoms with Gasteiger partial charge in [-0.05, 0) is 12.0 Å². The average molecular weight is 287 g/mol. The van der Waals surface area contributed by atoms with Crippen molar-refractivity contribution in [2.45, 2.75) is 25.4 Å². The first kappa shape index (κ1) is 14.8. The van der Waals surface area contributed by atoms with Gasteiger partial charge in [0.05, 0.1) is 6.33 Å². The Labute approximate surface area is 122 Å². The number of aromatic nitrogens is 2. The molecule has 2 N–H and O–H groups in total. The van der Waals surface area contributed by atoms with E-state index in [1.54, 1.807) is 42.9 Å². The molecule has 1 aromatic heterocycles. The molecule has 110 valence electrons. The molecule has 21 heavy (non-hydrogen) atoms. The fraction of sp³-hybridized carbons (Fsp3) is 0.267. The minimum atomic E-state index is -1.07. The van der Waals surface area contributed by atoms with Crippen LogP contribution in [0.1, 0.15) is 24.4 Å². The quantitative estimate of drug-likeness (QED) is 0.810. The number of amides is 1. The minimum Gasteiger partial charge on any atom is -0.479 e. The van der Waals surface area contributed by atoms with Crippen LogP contribution in [0.15, 0.2) is 49.1 Å². The highest BCUT2D eigenvalue weighted by Crippen LogP contribution is 2.13. The maximum atomic E-state index is 11.9. The van der Waals surface area contributed by atoms with Gasteiger partial charge >= 0.3 is 5.97 Å². The second-order valence-electron chi connectivity index (χ2n) is 4.65. The van der Waals surface area contributed by atoms with Crippen LogP contribution in [0.2, 0.25) is 0 Å². The lowest BCUT2D eigenvalue weighted by Crippen LogP contribution is -2.33. The molecule has 6 heteroatoms. The summed E-state index contributed by atoms with van der Waals surface area (Å²) in [6.07, 6.45) is 6.08. The molecule has 1 atom stereocenters. The molecule has 2 rings (SSSR count). The molecule has 0 aliphatic heterocycles. The smallest absolute Gasteiger partial charge is 0.330 e. The first-order chi connectivity index (χ1) is 10.2. The number of rotatable bonds is 7. The lowest BCUT2D eigenvalue weighted by Gasteiger charge is -2.14. The minimum absolute atomic E-state index is 0.272. The summed E-state index contributed by atoms with van der Waals surface area (Å²) in [5.41, 5.74) is 0.563. The fourth-order valence-electron chi connectivity index (χ4n) is 2.01. The van der Waals surface area contributed by atoms with Crippen LogP contribution < -0.4 is 5.32 Å². The molecule has 0 spiro atoms. The number of imidazole rings is 1. The van der Waals surface area contributed by atoms with Crippen molar-refractivity contribution in [2.24, 2.45) is 0 Å². The molecule has 0 radical (unpaired) electrons. The Morgan fingerprint density at radius 3 is 2.67 bits per heavy atom. The van der Waals surface area contributed by atoms with Crippen molar-refractivity contribution in [1.82, 2.24) is 14.9 Å². The zero-order valence-electron chi connectivity index (χ0n) is 11.5. The van der Waals surface area contributed by atoms with E-state index in [1.807, 2.05) is 10.8 Å². The van der Waals surface area contributed by atoms with E-state index in [0.717, 1.165) is 0 Å². The normalized spacial score (nSPS) is 11.8. The lowest BCUT2D eigenvalue weighted by molar-refractivity contribution is -0.142. The van der Waals surface area contributed by atoms with Gasteiger partial charge in [-0.3, -0.25) is 4.79 Å². The SMILES string of the molecule is O=C(CCCn1ccnc1)N[C@H](C(=O)O)c1ccccc1. The number of carbonyl (C=O) groups excluding carboxylic acids is 1. The van der Waals surface area contributed by atoms with Gasteiger partial charge in [-0.2, -0.15) is 0 Å². The fourth-order valence-corrected chi connectivity index (χ4v) is 2.01. The number of aliphatic carboxylic acids is 1. The van der Waals surface area contributed by atoms with Crippen LogP contribution in [-0.2, 0) is 16.1 Å². The molecule has 0 aliphatic rings. The summed E-state index contributed by atoms with van der Waals surface area (Å²) in [7, 11) is 0. The number of carbonyl (C=O) groups is 2. The Kier molecular flexibility index (Phi) is 5.09. The average Bonchev–Trinajstić information content (AvgIpc) is 2.98. The standard InChI is InChI=1S/C15H17N3O3/c19-13(7-4-9-18-10-8-16-11-18)17-14(15(20)21)12-5-2-1-3-6-12/h1-3,5-6,8,10-11,14H,4,7,9H2,(H,17,19)(H,20,21)/t14-/m0/s1. The summed E-state index contributed by atoms with van der Waals surface area (Å²) in [6.45, 7) is 0.677. The van der Waals surface area contributed by atoms with Crippen molar-refractivity contribution in [1.29, 1.82) is 0 Å². The summed E-state index contributed by atoms with van der Waals surface area (Å²) in [6, 6.07) is 7.66. The van der Waals surface area contributed by atoms with Gasteiger partial charge in [-0.1, -0.05) is 30.3 Å². The number of carboxylic acid groups (broad SMARTS) is 1. The van der Waals surface area contributed by atoms with Crippen molar-refractivity contribution in [3.63, 3.8) is 0 Å². The summed E-state index contributed by atoms with van der Waals surface area (Å²) in [5, 5.41) is 11.8. The zero-order valence-corrected chi connectivity index (χ0v) is 11.5. The van der Waals surface area contributed by atoms with Crippen LogP contribution in [0.4, 0.5) is 0 Å². The number of carboxylic acids is 1. The van der Waals surface area contributed by atoms with E-state index in [9.17, 15) is 14.7 Å². The Bertz CT molecular complexity index is 581. The lowest BCUT2D eigenvalue weighted by atomic mass is 10.1. The maximum Gasteiger partial charge on any atom is 0.330 e. The number of hydrogen-bond acceptors (Lipinski definition) is 3. The number of nitrogens with one attached hydrogen (secondary N) is 1.